The molecule has 110 valence electrons. The molecular weight excluding hydrogens is 266 g/mol. The van der Waals surface area contributed by atoms with Crippen molar-refractivity contribution >= 4 is 11.7 Å². The van der Waals surface area contributed by atoms with E-state index >= 15 is 0 Å². The van der Waals surface area contributed by atoms with Crippen molar-refractivity contribution in [2.45, 2.75) is 26.4 Å². The van der Waals surface area contributed by atoms with Crippen molar-refractivity contribution in [1.29, 1.82) is 0 Å². The van der Waals surface area contributed by atoms with E-state index in [1.807, 2.05) is 0 Å². The molecule has 0 amide bonds. The summed E-state index contributed by atoms with van der Waals surface area (Å²) >= 11 is 0. The molecule has 0 aliphatic rings. The molecule has 0 heterocycles. The van der Waals surface area contributed by atoms with Gasteiger partial charge in [-0.25, -0.2) is 4.79 Å². The molecule has 1 aromatic rings. The molecule has 1 rings (SSSR count). The summed E-state index contributed by atoms with van der Waals surface area (Å²) in [5.74, 6) is -0.273. The van der Waals surface area contributed by atoms with Crippen molar-refractivity contribution < 1.29 is 23.9 Å². The number of benzene rings is 1. The summed E-state index contributed by atoms with van der Waals surface area (Å²) in [6, 6.07) is 4.11. The first-order valence-electron chi connectivity index (χ1n) is 5.90. The van der Waals surface area contributed by atoms with Crippen LogP contribution in [-0.4, -0.2) is 30.2 Å². The minimum Gasteiger partial charge on any atom is -0.496 e. The van der Waals surface area contributed by atoms with Crippen molar-refractivity contribution in [2.75, 3.05) is 13.7 Å². The van der Waals surface area contributed by atoms with E-state index in [0.717, 1.165) is 0 Å². The molecule has 7 heteroatoms. The number of nitrogens with zero attached hydrogens (tertiary/aromatic N) is 1. The van der Waals surface area contributed by atoms with Crippen LogP contribution < -0.4 is 9.47 Å². The van der Waals surface area contributed by atoms with Gasteiger partial charge in [0, 0.05) is 0 Å². The van der Waals surface area contributed by atoms with Gasteiger partial charge in [0.25, 0.3) is 0 Å². The predicted molar refractivity (Wildman–Crippen MR) is 71.0 cm³/mol. The summed E-state index contributed by atoms with van der Waals surface area (Å²) in [6.45, 7) is 4.77. The first-order valence-corrected chi connectivity index (χ1v) is 5.90. The number of nitro groups is 1. The quantitative estimate of drug-likeness (QED) is 0.468. The Morgan fingerprint density at radius 1 is 1.35 bits per heavy atom. The molecule has 0 saturated carbocycles. The van der Waals surface area contributed by atoms with Crippen LogP contribution in [0.15, 0.2) is 18.2 Å². The monoisotopic (exact) mass is 283 g/mol. The van der Waals surface area contributed by atoms with E-state index in [9.17, 15) is 14.9 Å². The fourth-order valence-corrected chi connectivity index (χ4v) is 1.40. The fourth-order valence-electron chi connectivity index (χ4n) is 1.40. The van der Waals surface area contributed by atoms with Crippen molar-refractivity contribution in [3.8, 4) is 11.5 Å². The molecule has 0 fully saturated rings. The van der Waals surface area contributed by atoms with Crippen LogP contribution >= 0.6 is 0 Å². The van der Waals surface area contributed by atoms with E-state index < -0.39 is 23.1 Å². The van der Waals surface area contributed by atoms with Crippen LogP contribution in [0, 0.1) is 10.1 Å². The predicted octanol–water partition coefficient (Wildman–Crippen LogP) is 2.32. The molecule has 1 aromatic carbocycles. The van der Waals surface area contributed by atoms with Gasteiger partial charge in [-0.1, -0.05) is 0 Å². The number of rotatable bonds is 5. The summed E-state index contributed by atoms with van der Waals surface area (Å²) in [5, 5.41) is 10.9. The van der Waals surface area contributed by atoms with Crippen LogP contribution in [0.4, 0.5) is 5.69 Å². The normalized spacial score (nSPS) is 10.8. The van der Waals surface area contributed by atoms with Gasteiger partial charge in [-0.3, -0.25) is 10.1 Å². The third-order valence-electron chi connectivity index (χ3n) is 2.13. The van der Waals surface area contributed by atoms with Gasteiger partial charge in [-0.15, -0.1) is 0 Å². The Hall–Kier alpha value is -2.31. The van der Waals surface area contributed by atoms with Gasteiger partial charge in [0.2, 0.25) is 0 Å². The molecule has 0 saturated heterocycles. The van der Waals surface area contributed by atoms with E-state index in [4.69, 9.17) is 14.2 Å². The minimum absolute atomic E-state index is 0.0124. The molecule has 20 heavy (non-hydrogen) atoms. The zero-order valence-electron chi connectivity index (χ0n) is 11.8. The van der Waals surface area contributed by atoms with Crippen LogP contribution in [-0.2, 0) is 9.53 Å². The Labute approximate surface area is 116 Å². The minimum atomic E-state index is -0.633. The molecule has 0 bridgehead atoms. The number of esters is 1. The van der Waals surface area contributed by atoms with Crippen molar-refractivity contribution in [3.63, 3.8) is 0 Å². The number of ether oxygens (including phenoxy) is 3. The number of carbonyl (C=O) groups is 1. The highest BCUT2D eigenvalue weighted by Crippen LogP contribution is 2.31. The maximum absolute atomic E-state index is 11.5. The second-order valence-corrected chi connectivity index (χ2v) is 4.97. The van der Waals surface area contributed by atoms with E-state index in [0.29, 0.717) is 5.75 Å². The van der Waals surface area contributed by atoms with Gasteiger partial charge in [-0.05, 0) is 32.9 Å². The van der Waals surface area contributed by atoms with Crippen LogP contribution in [0.5, 0.6) is 11.5 Å². The second-order valence-electron chi connectivity index (χ2n) is 4.97. The fraction of sp³-hybridized carbons (Fsp3) is 0.462. The molecule has 0 radical (unpaired) electrons. The number of hydrogen-bond acceptors (Lipinski definition) is 6. The maximum atomic E-state index is 11.5. The Balaban J connectivity index is 2.77. The summed E-state index contributed by atoms with van der Waals surface area (Å²) in [6.07, 6.45) is 0. The third kappa shape index (κ3) is 4.75. The van der Waals surface area contributed by atoms with E-state index in [1.54, 1.807) is 20.8 Å². The lowest BCUT2D eigenvalue weighted by atomic mass is 10.2. The summed E-state index contributed by atoms with van der Waals surface area (Å²) in [7, 11) is 1.40. The Kier molecular flexibility index (Phi) is 4.90. The zero-order chi connectivity index (χ0) is 15.3. The summed E-state index contributed by atoms with van der Waals surface area (Å²) in [4.78, 5) is 21.8. The molecule has 0 N–H and O–H groups in total. The van der Waals surface area contributed by atoms with Crippen LogP contribution in [0.2, 0.25) is 0 Å². The number of nitro benzene ring substituents is 1. The second kappa shape index (κ2) is 6.23. The van der Waals surface area contributed by atoms with Crippen LogP contribution in [0.25, 0.3) is 0 Å². The van der Waals surface area contributed by atoms with Crippen molar-refractivity contribution in [2.24, 2.45) is 0 Å². The molecule has 0 aliphatic heterocycles. The highest BCUT2D eigenvalue weighted by Gasteiger charge is 2.20. The topological polar surface area (TPSA) is 87.9 Å². The SMILES string of the molecule is COc1ccc(OCC(=O)OC(C)(C)C)c([N+](=O)[O-])c1. The lowest BCUT2D eigenvalue weighted by Gasteiger charge is -2.19. The van der Waals surface area contributed by atoms with Crippen molar-refractivity contribution in [3.05, 3.63) is 28.3 Å². The standard InChI is InChI=1S/C13H17NO6/c1-13(2,3)20-12(15)8-19-11-6-5-9(18-4)7-10(11)14(16)17/h5-7H,8H2,1-4H3. The number of methoxy groups -OCH3 is 1. The van der Waals surface area contributed by atoms with Gasteiger partial charge in [0.05, 0.1) is 18.1 Å². The first-order chi connectivity index (χ1) is 9.23. The van der Waals surface area contributed by atoms with E-state index in [1.165, 1.54) is 25.3 Å². The third-order valence-corrected chi connectivity index (χ3v) is 2.13. The van der Waals surface area contributed by atoms with Gasteiger partial charge < -0.3 is 14.2 Å². The Morgan fingerprint density at radius 3 is 2.50 bits per heavy atom. The van der Waals surface area contributed by atoms with Gasteiger partial charge in [0.1, 0.15) is 11.4 Å². The van der Waals surface area contributed by atoms with Crippen LogP contribution in [0.3, 0.4) is 0 Å². The average Bonchev–Trinajstić information content (AvgIpc) is 2.34. The zero-order valence-corrected chi connectivity index (χ0v) is 11.8. The lowest BCUT2D eigenvalue weighted by molar-refractivity contribution is -0.385. The Morgan fingerprint density at radius 2 is 2.00 bits per heavy atom. The van der Waals surface area contributed by atoms with Crippen molar-refractivity contribution in [1.82, 2.24) is 0 Å². The van der Waals surface area contributed by atoms with E-state index in [2.05, 4.69) is 0 Å². The molecule has 0 atom stereocenters. The van der Waals surface area contributed by atoms with Crippen LogP contribution in [0.1, 0.15) is 20.8 Å². The smallest absolute Gasteiger partial charge is 0.344 e. The largest absolute Gasteiger partial charge is 0.496 e. The molecule has 0 aromatic heterocycles. The Bertz CT molecular complexity index is 506. The summed E-state index contributed by atoms with van der Waals surface area (Å²) < 4.78 is 15.1. The molecule has 7 nitrogen and oxygen atoms in total. The molecular formula is C13H17NO6. The molecule has 0 unspecified atom stereocenters. The number of hydrogen-bond donors (Lipinski definition) is 0. The average molecular weight is 283 g/mol. The van der Waals surface area contributed by atoms with Gasteiger partial charge in [-0.2, -0.15) is 0 Å². The molecule has 0 spiro atoms. The van der Waals surface area contributed by atoms with Gasteiger partial charge >= 0.3 is 11.7 Å². The van der Waals surface area contributed by atoms with E-state index in [-0.39, 0.29) is 11.4 Å². The van der Waals surface area contributed by atoms with Gasteiger partial charge in [0.15, 0.2) is 12.4 Å². The summed E-state index contributed by atoms with van der Waals surface area (Å²) in [5.41, 5.74) is -0.903. The number of carbonyl (C=O) groups excluding carboxylic acids is 1. The lowest BCUT2D eigenvalue weighted by Crippen LogP contribution is -2.27. The maximum Gasteiger partial charge on any atom is 0.344 e. The first kappa shape index (κ1) is 15.7. The highest BCUT2D eigenvalue weighted by atomic mass is 16.6. The highest BCUT2D eigenvalue weighted by molar-refractivity contribution is 5.71. The molecule has 0 aliphatic carbocycles.